The Morgan fingerprint density at radius 1 is 1.14 bits per heavy atom. The molecule has 108 valence electrons. The molecule has 0 saturated carbocycles. The second kappa shape index (κ2) is 6.66. The Labute approximate surface area is 119 Å². The summed E-state index contributed by atoms with van der Waals surface area (Å²) in [5, 5.41) is 11.1. The van der Waals surface area contributed by atoms with E-state index in [2.05, 4.69) is 5.32 Å². The molecule has 6 heteroatoms. The third kappa shape index (κ3) is 3.89. The highest BCUT2D eigenvalue weighted by Gasteiger charge is 2.10. The topological polar surface area (TPSA) is 45.0 Å². The van der Waals surface area contributed by atoms with Crippen LogP contribution in [0.25, 0.3) is 0 Å². The number of ether oxygens (including phenoxy) is 1. The molecule has 21 heavy (non-hydrogen) atoms. The van der Waals surface area contributed by atoms with Crippen LogP contribution in [-0.4, -0.2) is 6.61 Å². The van der Waals surface area contributed by atoms with Crippen LogP contribution in [0.5, 0.6) is 5.75 Å². The largest absolute Gasteiger partial charge is 0.479 e. The molecule has 0 aromatic heterocycles. The molecule has 0 atom stereocenters. The fraction of sp³-hybridized carbons (Fsp3) is 0.133. The van der Waals surface area contributed by atoms with Crippen molar-refractivity contribution in [2.24, 2.45) is 0 Å². The summed E-state index contributed by atoms with van der Waals surface area (Å²) in [5.41, 5.74) is 0.463. The predicted octanol–water partition coefficient (Wildman–Crippen LogP) is 3.62. The molecule has 1 N–H and O–H groups in total. The van der Waals surface area contributed by atoms with E-state index in [1.807, 2.05) is 6.07 Å². The highest BCUT2D eigenvalue weighted by Crippen LogP contribution is 2.20. The summed E-state index contributed by atoms with van der Waals surface area (Å²) in [6, 6.07) is 9.97. The van der Waals surface area contributed by atoms with Gasteiger partial charge in [0.2, 0.25) is 0 Å². The third-order valence-electron chi connectivity index (χ3n) is 2.68. The van der Waals surface area contributed by atoms with Gasteiger partial charge in [-0.25, -0.2) is 13.2 Å². The van der Waals surface area contributed by atoms with Crippen molar-refractivity contribution in [1.29, 1.82) is 5.26 Å². The van der Waals surface area contributed by atoms with Crippen molar-refractivity contribution in [3.63, 3.8) is 0 Å². The zero-order valence-corrected chi connectivity index (χ0v) is 10.9. The summed E-state index contributed by atoms with van der Waals surface area (Å²) in [7, 11) is 0. The molecule has 0 amide bonds. The summed E-state index contributed by atoms with van der Waals surface area (Å²) in [6.45, 7) is 0.0736. The van der Waals surface area contributed by atoms with Crippen molar-refractivity contribution in [1.82, 2.24) is 0 Å². The number of hydrogen-bond acceptors (Lipinski definition) is 3. The monoisotopic (exact) mass is 292 g/mol. The van der Waals surface area contributed by atoms with E-state index in [-0.39, 0.29) is 18.8 Å². The van der Waals surface area contributed by atoms with Gasteiger partial charge in [0.05, 0.1) is 5.69 Å². The van der Waals surface area contributed by atoms with Crippen LogP contribution in [0, 0.1) is 28.8 Å². The Kier molecular flexibility index (Phi) is 4.67. The van der Waals surface area contributed by atoms with E-state index in [1.165, 1.54) is 0 Å². The Bertz CT molecular complexity index is 683. The average molecular weight is 292 g/mol. The van der Waals surface area contributed by atoms with Crippen LogP contribution < -0.4 is 10.1 Å². The van der Waals surface area contributed by atoms with Gasteiger partial charge in [-0.1, -0.05) is 12.1 Å². The molecule has 2 aromatic carbocycles. The number of hydrogen-bond donors (Lipinski definition) is 1. The minimum absolute atomic E-state index is 0.0827. The van der Waals surface area contributed by atoms with Crippen molar-refractivity contribution in [2.45, 2.75) is 6.54 Å². The lowest BCUT2D eigenvalue weighted by molar-refractivity contribution is 0.368. The highest BCUT2D eigenvalue weighted by atomic mass is 19.2. The first kappa shape index (κ1) is 14.7. The Morgan fingerprint density at radius 3 is 2.71 bits per heavy atom. The van der Waals surface area contributed by atoms with Gasteiger partial charge in [0.1, 0.15) is 17.6 Å². The number of nitriles is 1. The predicted molar refractivity (Wildman–Crippen MR) is 71.2 cm³/mol. The van der Waals surface area contributed by atoms with E-state index in [4.69, 9.17) is 10.00 Å². The SMILES string of the molecule is N#CCOc1cccc(CNc2cc(F)cc(F)c2F)c1. The number of nitrogens with zero attached hydrogens (tertiary/aromatic N) is 1. The zero-order chi connectivity index (χ0) is 15.2. The minimum atomic E-state index is -1.25. The van der Waals surface area contributed by atoms with Crippen LogP contribution in [0.2, 0.25) is 0 Å². The molecule has 0 aliphatic carbocycles. The van der Waals surface area contributed by atoms with Gasteiger partial charge in [-0.2, -0.15) is 5.26 Å². The van der Waals surface area contributed by atoms with Gasteiger partial charge in [-0.3, -0.25) is 0 Å². The van der Waals surface area contributed by atoms with Gasteiger partial charge >= 0.3 is 0 Å². The number of rotatable bonds is 5. The summed E-state index contributed by atoms with van der Waals surface area (Å²) in [6.07, 6.45) is 0. The maximum Gasteiger partial charge on any atom is 0.182 e. The van der Waals surface area contributed by atoms with E-state index in [1.54, 1.807) is 24.3 Å². The minimum Gasteiger partial charge on any atom is -0.479 e. The lowest BCUT2D eigenvalue weighted by Crippen LogP contribution is -2.04. The first-order valence-electron chi connectivity index (χ1n) is 6.07. The van der Waals surface area contributed by atoms with Crippen molar-refractivity contribution in [3.8, 4) is 11.8 Å². The van der Waals surface area contributed by atoms with Gasteiger partial charge in [-0.15, -0.1) is 0 Å². The van der Waals surface area contributed by atoms with Gasteiger partial charge in [0.25, 0.3) is 0 Å². The molecular weight excluding hydrogens is 281 g/mol. The van der Waals surface area contributed by atoms with Crippen LogP contribution in [0.3, 0.4) is 0 Å². The number of anilines is 1. The molecule has 0 spiro atoms. The van der Waals surface area contributed by atoms with E-state index < -0.39 is 17.5 Å². The first-order valence-corrected chi connectivity index (χ1v) is 6.07. The van der Waals surface area contributed by atoms with Crippen LogP contribution in [-0.2, 0) is 6.54 Å². The Hall–Kier alpha value is -2.68. The summed E-state index contributed by atoms with van der Waals surface area (Å²) in [5.74, 6) is -2.75. The van der Waals surface area contributed by atoms with Crippen LogP contribution >= 0.6 is 0 Å². The van der Waals surface area contributed by atoms with Gasteiger partial charge in [-0.05, 0) is 17.7 Å². The Balaban J connectivity index is 2.08. The van der Waals surface area contributed by atoms with Crippen LogP contribution in [0.4, 0.5) is 18.9 Å². The molecule has 0 aliphatic heterocycles. The van der Waals surface area contributed by atoms with Gasteiger partial charge in [0, 0.05) is 18.7 Å². The van der Waals surface area contributed by atoms with Crippen molar-refractivity contribution < 1.29 is 17.9 Å². The van der Waals surface area contributed by atoms with Crippen LogP contribution in [0.15, 0.2) is 36.4 Å². The number of benzene rings is 2. The molecule has 0 saturated heterocycles. The maximum atomic E-state index is 13.5. The summed E-state index contributed by atoms with van der Waals surface area (Å²) < 4.78 is 44.7. The second-order valence-electron chi connectivity index (χ2n) is 4.20. The lowest BCUT2D eigenvalue weighted by atomic mass is 10.2. The van der Waals surface area contributed by atoms with Crippen LogP contribution in [0.1, 0.15) is 5.56 Å². The van der Waals surface area contributed by atoms with E-state index >= 15 is 0 Å². The molecule has 0 heterocycles. The average Bonchev–Trinajstić information content (AvgIpc) is 2.47. The first-order chi connectivity index (χ1) is 10.1. The maximum absolute atomic E-state index is 13.5. The second-order valence-corrected chi connectivity index (χ2v) is 4.20. The van der Waals surface area contributed by atoms with E-state index in [9.17, 15) is 13.2 Å². The smallest absolute Gasteiger partial charge is 0.182 e. The molecule has 0 aliphatic rings. The zero-order valence-electron chi connectivity index (χ0n) is 10.9. The quantitative estimate of drug-likeness (QED) is 0.856. The third-order valence-corrected chi connectivity index (χ3v) is 2.68. The standard InChI is InChI=1S/C15H11F3N2O/c16-11-7-13(17)15(18)14(8-11)20-9-10-2-1-3-12(6-10)21-5-4-19/h1-3,6-8,20H,5,9H2. The summed E-state index contributed by atoms with van der Waals surface area (Å²) >= 11 is 0. The van der Waals surface area contributed by atoms with E-state index in [0.29, 0.717) is 11.8 Å². The normalized spacial score (nSPS) is 10.0. The molecule has 2 rings (SSSR count). The van der Waals surface area contributed by atoms with Crippen molar-refractivity contribution in [3.05, 3.63) is 59.4 Å². The molecule has 0 radical (unpaired) electrons. The molecule has 0 bridgehead atoms. The number of nitrogens with one attached hydrogen (secondary N) is 1. The molecule has 0 fully saturated rings. The van der Waals surface area contributed by atoms with Crippen molar-refractivity contribution >= 4 is 5.69 Å². The van der Waals surface area contributed by atoms with Gasteiger partial charge < -0.3 is 10.1 Å². The van der Waals surface area contributed by atoms with Crippen molar-refractivity contribution in [2.75, 3.05) is 11.9 Å². The lowest BCUT2D eigenvalue weighted by Gasteiger charge is -2.09. The fourth-order valence-electron chi connectivity index (χ4n) is 1.74. The molecule has 0 unspecified atom stereocenters. The molecule has 3 nitrogen and oxygen atoms in total. The fourth-order valence-corrected chi connectivity index (χ4v) is 1.74. The van der Waals surface area contributed by atoms with Gasteiger partial charge in [0.15, 0.2) is 18.2 Å². The highest BCUT2D eigenvalue weighted by molar-refractivity contribution is 5.46. The molecular formula is C15H11F3N2O. The number of halogens is 3. The van der Waals surface area contributed by atoms with E-state index in [0.717, 1.165) is 11.6 Å². The molecule has 2 aromatic rings. The summed E-state index contributed by atoms with van der Waals surface area (Å²) in [4.78, 5) is 0. The Morgan fingerprint density at radius 2 is 1.95 bits per heavy atom.